The van der Waals surface area contributed by atoms with Gasteiger partial charge in [-0.05, 0) is 66.3 Å². The van der Waals surface area contributed by atoms with E-state index in [0.29, 0.717) is 28.9 Å². The van der Waals surface area contributed by atoms with Gasteiger partial charge in [-0.3, -0.25) is 9.69 Å². The predicted octanol–water partition coefficient (Wildman–Crippen LogP) is 4.51. The Hall–Kier alpha value is -3.38. The number of ether oxygens (including phenoxy) is 2. The van der Waals surface area contributed by atoms with Crippen LogP contribution in [0.15, 0.2) is 66.4 Å². The molecule has 1 N–H and O–H groups in total. The first-order valence-electron chi connectivity index (χ1n) is 9.28. The molecule has 1 amide bonds. The summed E-state index contributed by atoms with van der Waals surface area (Å²) in [4.78, 5) is 14.6. The Morgan fingerprint density at radius 3 is 2.55 bits per heavy atom. The highest BCUT2D eigenvalue weighted by molar-refractivity contribution is 7.80. The number of nitrogens with one attached hydrogen (secondary N) is 1. The molecule has 4 rings (SSSR count). The summed E-state index contributed by atoms with van der Waals surface area (Å²) in [6, 6.07) is 19.1. The lowest BCUT2D eigenvalue weighted by molar-refractivity contribution is -0.113. The summed E-state index contributed by atoms with van der Waals surface area (Å²) in [5, 5.41) is 5.46. The average molecular weight is 404 g/mol. The van der Waals surface area contributed by atoms with Crippen molar-refractivity contribution in [1.82, 2.24) is 5.32 Å². The van der Waals surface area contributed by atoms with Crippen LogP contribution in [0.3, 0.4) is 0 Å². The van der Waals surface area contributed by atoms with Gasteiger partial charge in [0, 0.05) is 5.56 Å². The second kappa shape index (κ2) is 7.93. The van der Waals surface area contributed by atoms with Crippen molar-refractivity contribution in [2.75, 3.05) is 18.6 Å². The van der Waals surface area contributed by atoms with Crippen LogP contribution in [0.25, 0.3) is 16.8 Å². The van der Waals surface area contributed by atoms with Crippen molar-refractivity contribution in [1.29, 1.82) is 0 Å². The van der Waals surface area contributed by atoms with Crippen LogP contribution in [0.5, 0.6) is 11.5 Å². The molecule has 0 spiro atoms. The maximum Gasteiger partial charge on any atom is 0.281 e. The van der Waals surface area contributed by atoms with Crippen molar-refractivity contribution in [3.05, 3.63) is 71.9 Å². The Bertz CT molecular complexity index is 1120. The Balaban J connectivity index is 1.76. The summed E-state index contributed by atoms with van der Waals surface area (Å²) >= 11 is 5.42. The van der Waals surface area contributed by atoms with Gasteiger partial charge in [0.15, 0.2) is 5.11 Å². The maximum absolute atomic E-state index is 13.1. The van der Waals surface area contributed by atoms with Crippen LogP contribution >= 0.6 is 12.2 Å². The number of rotatable bonds is 5. The number of hydrogen-bond donors (Lipinski definition) is 1. The molecular weight excluding hydrogens is 384 g/mol. The van der Waals surface area contributed by atoms with E-state index in [1.807, 2.05) is 49.4 Å². The molecule has 0 bridgehead atoms. The minimum atomic E-state index is -0.212. The molecule has 146 valence electrons. The lowest BCUT2D eigenvalue weighted by Crippen LogP contribution is -2.30. The molecule has 6 heteroatoms. The van der Waals surface area contributed by atoms with Gasteiger partial charge >= 0.3 is 0 Å². The monoisotopic (exact) mass is 404 g/mol. The molecule has 0 atom stereocenters. The lowest BCUT2D eigenvalue weighted by Gasteiger charge is -2.14. The molecule has 29 heavy (non-hydrogen) atoms. The molecule has 1 heterocycles. The zero-order chi connectivity index (χ0) is 20.4. The zero-order valence-electron chi connectivity index (χ0n) is 16.1. The SMILES string of the molecule is CCOc1ccc2ccccc2c1/C=C1/NC(=S)N(c2ccc(OC)cc2)C1=O. The Kier molecular flexibility index (Phi) is 5.18. The third-order valence-electron chi connectivity index (χ3n) is 4.73. The normalized spacial score (nSPS) is 15.1. The third-order valence-corrected chi connectivity index (χ3v) is 5.01. The van der Waals surface area contributed by atoms with E-state index in [2.05, 4.69) is 5.32 Å². The van der Waals surface area contributed by atoms with Crippen LogP contribution in [0.1, 0.15) is 12.5 Å². The molecule has 0 aliphatic carbocycles. The molecule has 0 saturated carbocycles. The number of carbonyl (C=O) groups is 1. The van der Waals surface area contributed by atoms with E-state index in [0.717, 1.165) is 22.1 Å². The number of amides is 1. The van der Waals surface area contributed by atoms with Crippen molar-refractivity contribution in [3.63, 3.8) is 0 Å². The van der Waals surface area contributed by atoms with Crippen LogP contribution in [0, 0.1) is 0 Å². The standard InChI is InChI=1S/C23H20N2O3S/c1-3-28-21-13-8-15-6-4-5-7-18(15)19(21)14-20-22(26)25(23(29)24-20)16-9-11-17(27-2)12-10-16/h4-14H,3H2,1-2H3,(H,24,29)/b20-14+. The largest absolute Gasteiger partial charge is 0.497 e. The van der Waals surface area contributed by atoms with Crippen LogP contribution in [-0.2, 0) is 4.79 Å². The van der Waals surface area contributed by atoms with Gasteiger partial charge < -0.3 is 14.8 Å². The molecule has 0 radical (unpaired) electrons. The summed E-state index contributed by atoms with van der Waals surface area (Å²) in [6.07, 6.45) is 1.81. The maximum atomic E-state index is 13.1. The van der Waals surface area contributed by atoms with Gasteiger partial charge in [-0.2, -0.15) is 0 Å². The minimum absolute atomic E-state index is 0.212. The number of nitrogens with zero attached hydrogens (tertiary/aromatic N) is 1. The molecule has 1 saturated heterocycles. The number of methoxy groups -OCH3 is 1. The van der Waals surface area contributed by atoms with Gasteiger partial charge in [-0.25, -0.2) is 0 Å². The highest BCUT2D eigenvalue weighted by Crippen LogP contribution is 2.32. The van der Waals surface area contributed by atoms with E-state index >= 15 is 0 Å². The summed E-state index contributed by atoms with van der Waals surface area (Å²) in [7, 11) is 1.60. The second-order valence-corrected chi connectivity index (χ2v) is 6.84. The first-order valence-corrected chi connectivity index (χ1v) is 9.69. The number of thiocarbonyl (C=S) groups is 1. The van der Waals surface area contributed by atoms with Gasteiger partial charge in [0.2, 0.25) is 0 Å². The molecule has 3 aromatic carbocycles. The number of benzene rings is 3. The molecule has 0 unspecified atom stereocenters. The average Bonchev–Trinajstić information content (AvgIpc) is 3.03. The third kappa shape index (κ3) is 3.54. The van der Waals surface area contributed by atoms with Crippen LogP contribution in [0.4, 0.5) is 5.69 Å². The fourth-order valence-electron chi connectivity index (χ4n) is 3.35. The number of anilines is 1. The van der Waals surface area contributed by atoms with E-state index < -0.39 is 0 Å². The molecule has 1 aliphatic heterocycles. The van der Waals surface area contributed by atoms with Crippen LogP contribution in [0.2, 0.25) is 0 Å². The highest BCUT2D eigenvalue weighted by atomic mass is 32.1. The van der Waals surface area contributed by atoms with E-state index in [1.54, 1.807) is 31.4 Å². The molecule has 5 nitrogen and oxygen atoms in total. The number of hydrogen-bond acceptors (Lipinski definition) is 4. The van der Waals surface area contributed by atoms with Crippen molar-refractivity contribution < 1.29 is 14.3 Å². The van der Waals surface area contributed by atoms with Gasteiger partial charge in [-0.1, -0.05) is 30.3 Å². The first kappa shape index (κ1) is 19.0. The van der Waals surface area contributed by atoms with Gasteiger partial charge in [0.25, 0.3) is 5.91 Å². The van der Waals surface area contributed by atoms with E-state index in [1.165, 1.54) is 4.90 Å². The van der Waals surface area contributed by atoms with Crippen molar-refractivity contribution in [2.45, 2.75) is 6.92 Å². The van der Waals surface area contributed by atoms with Crippen molar-refractivity contribution in [3.8, 4) is 11.5 Å². The second-order valence-electron chi connectivity index (χ2n) is 6.46. The summed E-state index contributed by atoms with van der Waals surface area (Å²) in [6.45, 7) is 2.47. The van der Waals surface area contributed by atoms with Crippen molar-refractivity contribution >= 4 is 45.8 Å². The van der Waals surface area contributed by atoms with Crippen LogP contribution < -0.4 is 19.7 Å². The first-order chi connectivity index (χ1) is 14.1. The van der Waals surface area contributed by atoms with E-state index in [9.17, 15) is 4.79 Å². The van der Waals surface area contributed by atoms with E-state index in [4.69, 9.17) is 21.7 Å². The molecule has 1 aliphatic rings. The molecule has 1 fully saturated rings. The Morgan fingerprint density at radius 1 is 1.07 bits per heavy atom. The summed E-state index contributed by atoms with van der Waals surface area (Å²) in [5.41, 5.74) is 1.93. The summed E-state index contributed by atoms with van der Waals surface area (Å²) < 4.78 is 11.0. The van der Waals surface area contributed by atoms with Gasteiger partial charge in [-0.15, -0.1) is 0 Å². The predicted molar refractivity (Wildman–Crippen MR) is 119 cm³/mol. The number of fused-ring (bicyclic) bond motifs is 1. The highest BCUT2D eigenvalue weighted by Gasteiger charge is 2.32. The summed E-state index contributed by atoms with van der Waals surface area (Å²) in [5.74, 6) is 1.23. The fraction of sp³-hybridized carbons (Fsp3) is 0.130. The van der Waals surface area contributed by atoms with Crippen LogP contribution in [-0.4, -0.2) is 24.7 Å². The number of carbonyl (C=O) groups excluding carboxylic acids is 1. The topological polar surface area (TPSA) is 50.8 Å². The molecule has 0 aromatic heterocycles. The van der Waals surface area contributed by atoms with Gasteiger partial charge in [0.1, 0.15) is 17.2 Å². The Morgan fingerprint density at radius 2 is 1.83 bits per heavy atom. The zero-order valence-corrected chi connectivity index (χ0v) is 17.0. The molecule has 3 aromatic rings. The lowest BCUT2D eigenvalue weighted by atomic mass is 10.0. The molecular formula is C23H20N2O3S. The quantitative estimate of drug-likeness (QED) is 0.501. The van der Waals surface area contributed by atoms with Gasteiger partial charge in [0.05, 0.1) is 19.4 Å². The van der Waals surface area contributed by atoms with Crippen molar-refractivity contribution in [2.24, 2.45) is 0 Å². The van der Waals surface area contributed by atoms with E-state index in [-0.39, 0.29) is 5.91 Å². The Labute approximate surface area is 174 Å². The fourth-order valence-corrected chi connectivity index (χ4v) is 3.65. The smallest absolute Gasteiger partial charge is 0.281 e. The minimum Gasteiger partial charge on any atom is -0.497 e.